The zero-order chi connectivity index (χ0) is 23.1. The molecule has 0 unspecified atom stereocenters. The van der Waals surface area contributed by atoms with Crippen LogP contribution in [0.2, 0.25) is 0 Å². The smallest absolute Gasteiger partial charge is 0.340 e. The molecule has 1 aliphatic rings. The standard InChI is InChI=1S/C24H32N4O4/c1-5-28-17(3)20(23(18(28)4)24(30)32-6-2)8-10-22(29)26-16-19-7-9-21(25-15-19)27-11-13-31-14-12-27/h7-10,15H,5-6,11-14,16H2,1-4H3,(H,26,29)/b10-8+. The van der Waals surface area contributed by atoms with Crippen molar-refractivity contribution in [3.63, 3.8) is 0 Å². The van der Waals surface area contributed by atoms with Crippen LogP contribution in [0.1, 0.15) is 46.7 Å². The number of hydrogen-bond acceptors (Lipinski definition) is 6. The van der Waals surface area contributed by atoms with Gasteiger partial charge in [-0.2, -0.15) is 0 Å². The van der Waals surface area contributed by atoms with Crippen LogP contribution in [0.5, 0.6) is 0 Å². The second kappa shape index (κ2) is 10.9. The van der Waals surface area contributed by atoms with Crippen molar-refractivity contribution in [2.24, 2.45) is 0 Å². The lowest BCUT2D eigenvalue weighted by molar-refractivity contribution is -0.116. The average molecular weight is 441 g/mol. The zero-order valence-electron chi connectivity index (χ0n) is 19.3. The molecule has 0 aliphatic carbocycles. The van der Waals surface area contributed by atoms with Crippen LogP contribution >= 0.6 is 0 Å². The molecule has 0 bridgehead atoms. The second-order valence-electron chi connectivity index (χ2n) is 7.60. The van der Waals surface area contributed by atoms with E-state index in [0.717, 1.165) is 48.0 Å². The first-order valence-corrected chi connectivity index (χ1v) is 11.1. The summed E-state index contributed by atoms with van der Waals surface area (Å²) in [5.74, 6) is 0.311. The molecule has 2 aromatic heterocycles. The SMILES string of the molecule is CCOC(=O)c1c(/C=C/C(=O)NCc2ccc(N3CCOCC3)nc2)c(C)n(CC)c1C. The van der Waals surface area contributed by atoms with Crippen molar-refractivity contribution >= 4 is 23.8 Å². The molecule has 32 heavy (non-hydrogen) atoms. The fraction of sp³-hybridized carbons (Fsp3) is 0.458. The van der Waals surface area contributed by atoms with E-state index in [-0.39, 0.29) is 11.9 Å². The number of carbonyl (C=O) groups excluding carboxylic acids is 2. The fourth-order valence-corrected chi connectivity index (χ4v) is 3.95. The topological polar surface area (TPSA) is 85.7 Å². The van der Waals surface area contributed by atoms with Crippen molar-refractivity contribution in [1.82, 2.24) is 14.9 Å². The molecule has 8 nitrogen and oxygen atoms in total. The lowest BCUT2D eigenvalue weighted by Crippen LogP contribution is -2.36. The number of amides is 1. The fourth-order valence-electron chi connectivity index (χ4n) is 3.95. The van der Waals surface area contributed by atoms with E-state index in [2.05, 4.69) is 15.2 Å². The van der Waals surface area contributed by atoms with E-state index in [1.54, 1.807) is 19.2 Å². The molecule has 0 saturated carbocycles. The van der Waals surface area contributed by atoms with Crippen LogP contribution in [0.15, 0.2) is 24.4 Å². The number of ether oxygens (including phenoxy) is 2. The Kier molecular flexibility index (Phi) is 8.05. The van der Waals surface area contributed by atoms with Gasteiger partial charge in [-0.05, 0) is 45.4 Å². The lowest BCUT2D eigenvalue weighted by Gasteiger charge is -2.27. The van der Waals surface area contributed by atoms with Crippen LogP contribution in [-0.4, -0.2) is 54.3 Å². The number of esters is 1. The van der Waals surface area contributed by atoms with Crippen molar-refractivity contribution in [2.75, 3.05) is 37.8 Å². The van der Waals surface area contributed by atoms with Gasteiger partial charge < -0.3 is 24.3 Å². The summed E-state index contributed by atoms with van der Waals surface area (Å²) in [7, 11) is 0. The van der Waals surface area contributed by atoms with Gasteiger partial charge in [-0.3, -0.25) is 4.79 Å². The number of nitrogens with zero attached hydrogens (tertiary/aromatic N) is 3. The maximum Gasteiger partial charge on any atom is 0.340 e. The highest BCUT2D eigenvalue weighted by Gasteiger charge is 2.22. The van der Waals surface area contributed by atoms with E-state index in [1.807, 2.05) is 37.5 Å². The highest BCUT2D eigenvalue weighted by molar-refractivity contribution is 5.98. The van der Waals surface area contributed by atoms with Gasteiger partial charge in [0.05, 0.1) is 25.4 Å². The molecule has 2 aromatic rings. The predicted octanol–water partition coefficient (Wildman–Crippen LogP) is 2.86. The van der Waals surface area contributed by atoms with E-state index in [9.17, 15) is 9.59 Å². The van der Waals surface area contributed by atoms with Gasteiger partial charge in [-0.15, -0.1) is 0 Å². The van der Waals surface area contributed by atoms with Crippen LogP contribution in [0.3, 0.4) is 0 Å². The molecule has 1 saturated heterocycles. The Morgan fingerprint density at radius 2 is 1.94 bits per heavy atom. The Morgan fingerprint density at radius 1 is 1.19 bits per heavy atom. The zero-order valence-corrected chi connectivity index (χ0v) is 19.3. The molecular weight excluding hydrogens is 408 g/mol. The Bertz CT molecular complexity index is 973. The molecule has 3 rings (SSSR count). The third kappa shape index (κ3) is 5.37. The second-order valence-corrected chi connectivity index (χ2v) is 7.60. The first kappa shape index (κ1) is 23.5. The minimum Gasteiger partial charge on any atom is -0.462 e. The van der Waals surface area contributed by atoms with Crippen LogP contribution < -0.4 is 10.2 Å². The molecule has 8 heteroatoms. The van der Waals surface area contributed by atoms with Gasteiger partial charge in [0.15, 0.2) is 0 Å². The number of morpholine rings is 1. The molecule has 1 fully saturated rings. The van der Waals surface area contributed by atoms with E-state index in [1.165, 1.54) is 6.08 Å². The number of aromatic nitrogens is 2. The van der Waals surface area contributed by atoms with Crippen molar-refractivity contribution in [3.05, 3.63) is 52.5 Å². The maximum absolute atomic E-state index is 12.5. The molecule has 1 aliphatic heterocycles. The first-order chi connectivity index (χ1) is 15.5. The van der Waals surface area contributed by atoms with Gasteiger partial charge >= 0.3 is 5.97 Å². The van der Waals surface area contributed by atoms with Gasteiger partial charge in [0.2, 0.25) is 5.91 Å². The Balaban J connectivity index is 1.65. The number of hydrogen-bond donors (Lipinski definition) is 1. The van der Waals surface area contributed by atoms with Crippen LogP contribution in [0, 0.1) is 13.8 Å². The van der Waals surface area contributed by atoms with Gasteiger partial charge in [0.25, 0.3) is 0 Å². The highest BCUT2D eigenvalue weighted by Crippen LogP contribution is 2.25. The summed E-state index contributed by atoms with van der Waals surface area (Å²) < 4.78 is 12.6. The van der Waals surface area contributed by atoms with E-state index >= 15 is 0 Å². The molecule has 0 aromatic carbocycles. The number of anilines is 1. The van der Waals surface area contributed by atoms with Gasteiger partial charge in [0, 0.05) is 55.4 Å². The quantitative estimate of drug-likeness (QED) is 0.502. The number of nitrogens with one attached hydrogen (secondary N) is 1. The van der Waals surface area contributed by atoms with E-state index in [0.29, 0.717) is 31.9 Å². The van der Waals surface area contributed by atoms with Gasteiger partial charge in [0.1, 0.15) is 5.82 Å². The average Bonchev–Trinajstić information content (AvgIpc) is 3.06. The molecule has 172 valence electrons. The summed E-state index contributed by atoms with van der Waals surface area (Å²) in [6.45, 7) is 12.1. The van der Waals surface area contributed by atoms with E-state index < -0.39 is 0 Å². The number of rotatable bonds is 8. The van der Waals surface area contributed by atoms with Crippen LogP contribution in [0.25, 0.3) is 6.08 Å². The molecular formula is C24H32N4O4. The minimum absolute atomic E-state index is 0.238. The van der Waals surface area contributed by atoms with Crippen molar-refractivity contribution in [1.29, 1.82) is 0 Å². The minimum atomic E-state index is -0.369. The van der Waals surface area contributed by atoms with Crippen molar-refractivity contribution in [3.8, 4) is 0 Å². The molecule has 3 heterocycles. The monoisotopic (exact) mass is 440 g/mol. The number of pyridine rings is 1. The van der Waals surface area contributed by atoms with E-state index in [4.69, 9.17) is 9.47 Å². The number of carbonyl (C=O) groups is 2. The third-order valence-corrected chi connectivity index (χ3v) is 5.64. The van der Waals surface area contributed by atoms with Crippen LogP contribution in [0.4, 0.5) is 5.82 Å². The van der Waals surface area contributed by atoms with Gasteiger partial charge in [-0.1, -0.05) is 6.07 Å². The summed E-state index contributed by atoms with van der Waals surface area (Å²) in [5, 5.41) is 2.87. The van der Waals surface area contributed by atoms with Crippen molar-refractivity contribution < 1.29 is 19.1 Å². The highest BCUT2D eigenvalue weighted by atomic mass is 16.5. The Morgan fingerprint density at radius 3 is 2.56 bits per heavy atom. The predicted molar refractivity (Wildman–Crippen MR) is 124 cm³/mol. The van der Waals surface area contributed by atoms with Gasteiger partial charge in [-0.25, -0.2) is 9.78 Å². The van der Waals surface area contributed by atoms with Crippen LogP contribution in [-0.2, 0) is 27.4 Å². The summed E-state index contributed by atoms with van der Waals surface area (Å²) in [5.41, 5.74) is 3.92. The molecule has 0 atom stereocenters. The summed E-state index contributed by atoms with van der Waals surface area (Å²) in [6.07, 6.45) is 4.93. The molecule has 0 spiro atoms. The third-order valence-electron chi connectivity index (χ3n) is 5.64. The normalized spacial score (nSPS) is 14.1. The first-order valence-electron chi connectivity index (χ1n) is 11.1. The summed E-state index contributed by atoms with van der Waals surface area (Å²) in [6, 6.07) is 3.93. The Labute approximate surface area is 189 Å². The molecule has 1 amide bonds. The summed E-state index contributed by atoms with van der Waals surface area (Å²) in [4.78, 5) is 31.6. The largest absolute Gasteiger partial charge is 0.462 e. The molecule has 0 radical (unpaired) electrons. The molecule has 1 N–H and O–H groups in total. The van der Waals surface area contributed by atoms with Crippen molar-refractivity contribution in [2.45, 2.75) is 40.8 Å². The summed E-state index contributed by atoms with van der Waals surface area (Å²) >= 11 is 0. The maximum atomic E-state index is 12.5. The Hall–Kier alpha value is -3.13. The lowest BCUT2D eigenvalue weighted by atomic mass is 10.1.